The predicted molar refractivity (Wildman–Crippen MR) is 68.4 cm³/mol. The smallest absolute Gasteiger partial charge is 0.122 e. The number of hydrogen-bond acceptors (Lipinski definition) is 3. The van der Waals surface area contributed by atoms with Crippen LogP contribution >= 0.6 is 23.2 Å². The van der Waals surface area contributed by atoms with Crippen molar-refractivity contribution < 1.29 is 5.11 Å². The van der Waals surface area contributed by atoms with Crippen LogP contribution in [0.5, 0.6) is 5.75 Å². The van der Waals surface area contributed by atoms with Gasteiger partial charge < -0.3 is 10.8 Å². The minimum Gasteiger partial charge on any atom is -0.508 e. The molecule has 5 heteroatoms. The first-order valence-electron chi connectivity index (χ1n) is 4.93. The Morgan fingerprint density at radius 1 is 1.12 bits per heavy atom. The highest BCUT2D eigenvalue weighted by atomic mass is 35.5. The van der Waals surface area contributed by atoms with Crippen LogP contribution in [0.25, 0.3) is 0 Å². The Bertz CT molecular complexity index is 532. The minimum atomic E-state index is -0.465. The molecule has 1 aromatic heterocycles. The maximum atomic E-state index is 9.81. The second kappa shape index (κ2) is 4.92. The quantitative estimate of drug-likeness (QED) is 0.880. The number of nitrogens with two attached hydrogens (primary N) is 1. The lowest BCUT2D eigenvalue weighted by atomic mass is 10.00. The molecule has 0 bridgehead atoms. The molecule has 0 amide bonds. The molecule has 0 radical (unpaired) electrons. The fourth-order valence-electron chi connectivity index (χ4n) is 1.55. The zero-order valence-electron chi connectivity index (χ0n) is 8.77. The van der Waals surface area contributed by atoms with Gasteiger partial charge in [0, 0.05) is 24.0 Å². The van der Waals surface area contributed by atoms with Crippen molar-refractivity contribution in [3.05, 3.63) is 57.8 Å². The van der Waals surface area contributed by atoms with Crippen molar-refractivity contribution >= 4 is 23.2 Å². The maximum Gasteiger partial charge on any atom is 0.122 e. The standard InChI is InChI=1S/C12H10Cl2N2O/c13-9-5-8(11(17)6-10(9)14)12(15)7-1-3-16-4-2-7/h1-6,12,17H,15H2. The SMILES string of the molecule is NC(c1ccncc1)c1cc(Cl)c(Cl)cc1O. The van der Waals surface area contributed by atoms with E-state index < -0.39 is 6.04 Å². The van der Waals surface area contributed by atoms with Crippen LogP contribution in [-0.4, -0.2) is 10.1 Å². The molecule has 0 aliphatic rings. The molecule has 88 valence electrons. The second-order valence-electron chi connectivity index (χ2n) is 3.58. The molecule has 2 aromatic rings. The van der Waals surface area contributed by atoms with E-state index in [0.717, 1.165) is 5.56 Å². The van der Waals surface area contributed by atoms with Crippen molar-refractivity contribution in [3.8, 4) is 5.75 Å². The molecule has 1 aromatic carbocycles. The van der Waals surface area contributed by atoms with Gasteiger partial charge in [0.1, 0.15) is 5.75 Å². The Hall–Kier alpha value is -1.29. The molecule has 2 rings (SSSR count). The van der Waals surface area contributed by atoms with E-state index in [9.17, 15) is 5.11 Å². The minimum absolute atomic E-state index is 0.0312. The number of rotatable bonds is 2. The summed E-state index contributed by atoms with van der Waals surface area (Å²) in [4.78, 5) is 3.91. The van der Waals surface area contributed by atoms with Crippen LogP contribution in [0.1, 0.15) is 17.2 Å². The van der Waals surface area contributed by atoms with E-state index in [0.29, 0.717) is 15.6 Å². The topological polar surface area (TPSA) is 59.1 Å². The van der Waals surface area contributed by atoms with Crippen molar-refractivity contribution in [3.63, 3.8) is 0 Å². The lowest BCUT2D eigenvalue weighted by Crippen LogP contribution is -2.12. The van der Waals surface area contributed by atoms with Gasteiger partial charge in [-0.05, 0) is 23.8 Å². The van der Waals surface area contributed by atoms with Gasteiger partial charge in [0.15, 0.2) is 0 Å². The number of nitrogens with zero attached hydrogens (tertiary/aromatic N) is 1. The molecule has 0 fully saturated rings. The molecule has 0 spiro atoms. The predicted octanol–water partition coefficient (Wildman–Crippen LogP) is 3.14. The molecule has 1 unspecified atom stereocenters. The molecular weight excluding hydrogens is 259 g/mol. The number of phenolic OH excluding ortho intramolecular Hbond substituents is 1. The van der Waals surface area contributed by atoms with Gasteiger partial charge in [-0.2, -0.15) is 0 Å². The average Bonchev–Trinajstić information content (AvgIpc) is 2.34. The first-order chi connectivity index (χ1) is 8.09. The number of aromatic hydroxyl groups is 1. The van der Waals surface area contributed by atoms with E-state index in [1.165, 1.54) is 6.07 Å². The molecule has 3 nitrogen and oxygen atoms in total. The van der Waals surface area contributed by atoms with Crippen molar-refractivity contribution in [1.82, 2.24) is 4.98 Å². The summed E-state index contributed by atoms with van der Waals surface area (Å²) >= 11 is 11.7. The number of hydrogen-bond donors (Lipinski definition) is 2. The first kappa shape index (κ1) is 12.2. The molecular formula is C12H10Cl2N2O. The Morgan fingerprint density at radius 2 is 1.71 bits per heavy atom. The lowest BCUT2D eigenvalue weighted by molar-refractivity contribution is 0.465. The highest BCUT2D eigenvalue weighted by molar-refractivity contribution is 6.42. The fraction of sp³-hybridized carbons (Fsp3) is 0.0833. The molecule has 0 saturated carbocycles. The van der Waals surface area contributed by atoms with Gasteiger partial charge in [-0.25, -0.2) is 0 Å². The summed E-state index contributed by atoms with van der Waals surface area (Å²) in [5.74, 6) is 0.0312. The summed E-state index contributed by atoms with van der Waals surface area (Å²) in [6.45, 7) is 0. The number of halogens is 2. The van der Waals surface area contributed by atoms with Gasteiger partial charge >= 0.3 is 0 Å². The van der Waals surface area contributed by atoms with E-state index >= 15 is 0 Å². The summed E-state index contributed by atoms with van der Waals surface area (Å²) in [5.41, 5.74) is 7.42. The van der Waals surface area contributed by atoms with E-state index in [1.807, 2.05) is 0 Å². The zero-order valence-corrected chi connectivity index (χ0v) is 10.3. The number of phenols is 1. The molecule has 17 heavy (non-hydrogen) atoms. The number of pyridine rings is 1. The Morgan fingerprint density at radius 3 is 2.35 bits per heavy atom. The zero-order chi connectivity index (χ0) is 12.4. The summed E-state index contributed by atoms with van der Waals surface area (Å²) < 4.78 is 0. The summed E-state index contributed by atoms with van der Waals surface area (Å²) in [7, 11) is 0. The molecule has 1 atom stereocenters. The van der Waals surface area contributed by atoms with Gasteiger partial charge in [-0.1, -0.05) is 23.2 Å². The van der Waals surface area contributed by atoms with Gasteiger partial charge in [0.25, 0.3) is 0 Å². The molecule has 1 heterocycles. The molecule has 3 N–H and O–H groups in total. The number of benzene rings is 1. The van der Waals surface area contributed by atoms with Crippen LogP contribution in [0.2, 0.25) is 10.0 Å². The third-order valence-corrected chi connectivity index (χ3v) is 3.19. The second-order valence-corrected chi connectivity index (χ2v) is 4.40. The lowest BCUT2D eigenvalue weighted by Gasteiger charge is -2.14. The Labute approximate surface area is 109 Å². The highest BCUT2D eigenvalue weighted by Crippen LogP contribution is 2.34. The van der Waals surface area contributed by atoms with Crippen LogP contribution in [0, 0.1) is 0 Å². The Balaban J connectivity index is 2.44. The summed E-state index contributed by atoms with van der Waals surface area (Å²) in [5, 5.41) is 10.5. The van der Waals surface area contributed by atoms with Crippen molar-refractivity contribution in [1.29, 1.82) is 0 Å². The van der Waals surface area contributed by atoms with Crippen molar-refractivity contribution in [2.75, 3.05) is 0 Å². The first-order valence-corrected chi connectivity index (χ1v) is 5.68. The molecule has 0 aliphatic carbocycles. The van der Waals surface area contributed by atoms with E-state index in [-0.39, 0.29) is 5.75 Å². The van der Waals surface area contributed by atoms with Gasteiger partial charge in [0.05, 0.1) is 16.1 Å². The third kappa shape index (κ3) is 2.52. The van der Waals surface area contributed by atoms with Gasteiger partial charge in [-0.15, -0.1) is 0 Å². The third-order valence-electron chi connectivity index (χ3n) is 2.47. The van der Waals surface area contributed by atoms with Crippen LogP contribution < -0.4 is 5.73 Å². The van der Waals surface area contributed by atoms with Crippen LogP contribution in [-0.2, 0) is 0 Å². The molecule has 0 saturated heterocycles. The maximum absolute atomic E-state index is 9.81. The largest absolute Gasteiger partial charge is 0.508 e. The summed E-state index contributed by atoms with van der Waals surface area (Å²) in [6, 6.07) is 6.07. The van der Waals surface area contributed by atoms with E-state index in [4.69, 9.17) is 28.9 Å². The number of aromatic nitrogens is 1. The fourth-order valence-corrected chi connectivity index (χ4v) is 1.88. The van der Waals surface area contributed by atoms with Gasteiger partial charge in [-0.3, -0.25) is 4.98 Å². The van der Waals surface area contributed by atoms with Gasteiger partial charge in [0.2, 0.25) is 0 Å². The van der Waals surface area contributed by atoms with Crippen LogP contribution in [0.15, 0.2) is 36.7 Å². The van der Waals surface area contributed by atoms with Crippen molar-refractivity contribution in [2.45, 2.75) is 6.04 Å². The van der Waals surface area contributed by atoms with E-state index in [2.05, 4.69) is 4.98 Å². The van der Waals surface area contributed by atoms with Crippen LogP contribution in [0.3, 0.4) is 0 Å². The monoisotopic (exact) mass is 268 g/mol. The van der Waals surface area contributed by atoms with Crippen LogP contribution in [0.4, 0.5) is 0 Å². The Kier molecular flexibility index (Phi) is 3.52. The summed E-state index contributed by atoms with van der Waals surface area (Å²) in [6.07, 6.45) is 3.29. The molecule has 0 aliphatic heterocycles. The van der Waals surface area contributed by atoms with Crippen molar-refractivity contribution in [2.24, 2.45) is 5.73 Å². The highest BCUT2D eigenvalue weighted by Gasteiger charge is 2.15. The average molecular weight is 269 g/mol. The normalized spacial score (nSPS) is 12.4. The van der Waals surface area contributed by atoms with E-state index in [1.54, 1.807) is 30.6 Å².